The van der Waals surface area contributed by atoms with Gasteiger partial charge >= 0.3 is 6.09 Å². The molecule has 4 heterocycles. The molecule has 3 N–H and O–H groups in total. The van der Waals surface area contributed by atoms with E-state index in [2.05, 4.69) is 25.3 Å². The van der Waals surface area contributed by atoms with Gasteiger partial charge in [0, 0.05) is 37.0 Å². The minimum absolute atomic E-state index is 0.0776. The van der Waals surface area contributed by atoms with E-state index in [1.807, 2.05) is 26.8 Å². The van der Waals surface area contributed by atoms with E-state index < -0.39 is 17.6 Å². The minimum atomic E-state index is -0.573. The van der Waals surface area contributed by atoms with Gasteiger partial charge in [0.2, 0.25) is 5.95 Å². The van der Waals surface area contributed by atoms with Crippen molar-refractivity contribution in [3.05, 3.63) is 36.7 Å². The Balaban J connectivity index is 1.65. The quantitative estimate of drug-likeness (QED) is 0.618. The number of nitrogen functional groups attached to an aromatic ring is 1. The first-order valence-corrected chi connectivity index (χ1v) is 10.2. The van der Waals surface area contributed by atoms with E-state index in [9.17, 15) is 9.18 Å². The van der Waals surface area contributed by atoms with Crippen LogP contribution in [-0.2, 0) is 4.74 Å². The summed E-state index contributed by atoms with van der Waals surface area (Å²) in [7, 11) is 0. The molecular formula is C21H26FN7O2. The second-order valence-electron chi connectivity index (χ2n) is 8.62. The highest BCUT2D eigenvalue weighted by Crippen LogP contribution is 2.35. The van der Waals surface area contributed by atoms with Crippen LogP contribution in [0.2, 0.25) is 0 Å². The van der Waals surface area contributed by atoms with Crippen molar-refractivity contribution >= 4 is 23.1 Å². The Hall–Kier alpha value is -3.43. The Morgan fingerprint density at radius 2 is 2.13 bits per heavy atom. The van der Waals surface area contributed by atoms with Crippen LogP contribution in [0.5, 0.6) is 0 Å². The van der Waals surface area contributed by atoms with Gasteiger partial charge in [-0.05, 0) is 45.7 Å². The summed E-state index contributed by atoms with van der Waals surface area (Å²) in [6, 6.07) is 4.92. The topological polar surface area (TPSA) is 111 Å². The third-order valence-electron chi connectivity index (χ3n) is 5.07. The van der Waals surface area contributed by atoms with Crippen LogP contribution in [0.25, 0.3) is 16.8 Å². The number of hydrogen-bond acceptors (Lipinski definition) is 7. The number of ether oxygens (including phenoxy) is 1. The summed E-state index contributed by atoms with van der Waals surface area (Å²) in [6.45, 7) is 6.86. The molecule has 3 aromatic rings. The normalized spacial score (nSPS) is 17.0. The van der Waals surface area contributed by atoms with Crippen LogP contribution in [0.3, 0.4) is 0 Å². The number of amides is 1. The summed E-state index contributed by atoms with van der Waals surface area (Å²) in [5.74, 6) is -0.247. The summed E-state index contributed by atoms with van der Waals surface area (Å²) in [4.78, 5) is 22.1. The maximum Gasteiger partial charge on any atom is 0.407 e. The van der Waals surface area contributed by atoms with E-state index >= 15 is 0 Å². The number of piperidine rings is 1. The zero-order valence-electron chi connectivity index (χ0n) is 17.8. The first-order chi connectivity index (χ1) is 14.7. The van der Waals surface area contributed by atoms with Gasteiger partial charge in [-0.1, -0.05) is 0 Å². The molecule has 164 valence electrons. The molecule has 4 rings (SSSR count). The molecule has 0 unspecified atom stereocenters. The Kier molecular flexibility index (Phi) is 5.38. The van der Waals surface area contributed by atoms with Crippen LogP contribution >= 0.6 is 0 Å². The Morgan fingerprint density at radius 3 is 2.87 bits per heavy atom. The van der Waals surface area contributed by atoms with Gasteiger partial charge in [0.25, 0.3) is 0 Å². The maximum atomic E-state index is 13.7. The van der Waals surface area contributed by atoms with E-state index in [0.717, 1.165) is 25.1 Å². The molecule has 10 heteroatoms. The zero-order valence-corrected chi connectivity index (χ0v) is 17.8. The number of nitrogens with zero attached hydrogens (tertiary/aromatic N) is 5. The molecule has 1 aliphatic rings. The molecule has 0 spiro atoms. The van der Waals surface area contributed by atoms with Gasteiger partial charge in [-0.25, -0.2) is 19.3 Å². The lowest BCUT2D eigenvalue weighted by Gasteiger charge is -2.34. The summed E-state index contributed by atoms with van der Waals surface area (Å²) in [6.07, 6.45) is 4.07. The molecule has 1 atom stereocenters. The second-order valence-corrected chi connectivity index (χ2v) is 8.62. The average Bonchev–Trinajstić information content (AvgIpc) is 3.08. The molecular weight excluding hydrogens is 401 g/mol. The fourth-order valence-corrected chi connectivity index (χ4v) is 3.84. The molecule has 0 aliphatic carbocycles. The lowest BCUT2D eigenvalue weighted by Crippen LogP contribution is -2.49. The van der Waals surface area contributed by atoms with Crippen LogP contribution in [0.4, 0.5) is 20.7 Å². The van der Waals surface area contributed by atoms with Gasteiger partial charge in [0.05, 0.1) is 11.4 Å². The number of pyridine rings is 1. The van der Waals surface area contributed by atoms with Gasteiger partial charge in [-0.15, -0.1) is 0 Å². The number of rotatable bonds is 3. The van der Waals surface area contributed by atoms with Crippen LogP contribution in [-0.4, -0.2) is 50.4 Å². The van der Waals surface area contributed by atoms with Crippen molar-refractivity contribution in [2.24, 2.45) is 0 Å². The minimum Gasteiger partial charge on any atom is -0.444 e. The number of carbonyl (C=O) groups excluding carboxylic acids is 1. The van der Waals surface area contributed by atoms with E-state index in [-0.39, 0.29) is 6.04 Å². The van der Waals surface area contributed by atoms with Crippen molar-refractivity contribution in [1.29, 1.82) is 0 Å². The fourth-order valence-electron chi connectivity index (χ4n) is 3.84. The van der Waals surface area contributed by atoms with Crippen LogP contribution < -0.4 is 16.0 Å². The number of alkyl carbamates (subject to hydrolysis) is 1. The molecule has 0 bridgehead atoms. The predicted octanol–water partition coefficient (Wildman–Crippen LogP) is 3.01. The average molecular weight is 427 g/mol. The highest BCUT2D eigenvalue weighted by molar-refractivity contribution is 5.88. The number of aromatic nitrogens is 4. The van der Waals surface area contributed by atoms with Crippen molar-refractivity contribution in [3.63, 3.8) is 0 Å². The number of nitrogens with two attached hydrogens (primary N) is 1. The fraction of sp³-hybridized carbons (Fsp3) is 0.429. The van der Waals surface area contributed by atoms with Crippen molar-refractivity contribution in [1.82, 2.24) is 24.9 Å². The number of anilines is 2. The standard InChI is InChI=1S/C21H26FN7O2/c1-21(2,3)31-20(30)27-14-5-4-8-28(11-14)16-10-15(13-6-7-24-17(22)9-13)29-18(16)19(23)25-12-26-29/h6-7,9-10,12,14H,4-5,8,11H2,1-3H3,(H,27,30)(H2,23,25,26)/t14-/m1/s1. The van der Waals surface area contributed by atoms with E-state index in [0.29, 0.717) is 29.1 Å². The highest BCUT2D eigenvalue weighted by atomic mass is 19.1. The third kappa shape index (κ3) is 4.52. The molecule has 9 nitrogen and oxygen atoms in total. The Bertz CT molecular complexity index is 1110. The molecule has 0 radical (unpaired) electrons. The van der Waals surface area contributed by atoms with E-state index in [1.54, 1.807) is 10.6 Å². The van der Waals surface area contributed by atoms with E-state index in [1.165, 1.54) is 18.6 Å². The van der Waals surface area contributed by atoms with Gasteiger partial charge in [0.15, 0.2) is 5.82 Å². The SMILES string of the molecule is CC(C)(C)OC(=O)N[C@@H]1CCCN(c2cc(-c3ccnc(F)c3)n3ncnc(N)c23)C1. The van der Waals surface area contributed by atoms with Crippen LogP contribution in [0.1, 0.15) is 33.6 Å². The highest BCUT2D eigenvalue weighted by Gasteiger charge is 2.27. The number of hydrogen-bond donors (Lipinski definition) is 2. The molecule has 1 amide bonds. The molecule has 0 saturated carbocycles. The predicted molar refractivity (Wildman–Crippen MR) is 115 cm³/mol. The number of halogens is 1. The van der Waals surface area contributed by atoms with Crippen molar-refractivity contribution < 1.29 is 13.9 Å². The van der Waals surface area contributed by atoms with Gasteiger partial charge in [-0.2, -0.15) is 9.49 Å². The Morgan fingerprint density at radius 1 is 1.32 bits per heavy atom. The van der Waals surface area contributed by atoms with E-state index in [4.69, 9.17) is 10.5 Å². The number of nitrogens with one attached hydrogen (secondary N) is 1. The summed E-state index contributed by atoms with van der Waals surface area (Å²) >= 11 is 0. The smallest absolute Gasteiger partial charge is 0.407 e. The number of fused-ring (bicyclic) bond motifs is 1. The van der Waals surface area contributed by atoms with Crippen molar-refractivity contribution in [2.75, 3.05) is 23.7 Å². The molecule has 31 heavy (non-hydrogen) atoms. The molecule has 1 fully saturated rings. The van der Waals surface area contributed by atoms with Crippen molar-refractivity contribution in [3.8, 4) is 11.3 Å². The molecule has 3 aromatic heterocycles. The largest absolute Gasteiger partial charge is 0.444 e. The lowest BCUT2D eigenvalue weighted by molar-refractivity contribution is 0.0500. The first kappa shape index (κ1) is 20.8. The van der Waals surface area contributed by atoms with Crippen LogP contribution in [0.15, 0.2) is 30.7 Å². The van der Waals surface area contributed by atoms with Gasteiger partial charge in [0.1, 0.15) is 17.4 Å². The monoisotopic (exact) mass is 427 g/mol. The maximum absolute atomic E-state index is 13.7. The summed E-state index contributed by atoms with van der Waals surface area (Å²) in [5, 5.41) is 7.29. The number of carbonyl (C=O) groups is 1. The van der Waals surface area contributed by atoms with Crippen LogP contribution in [0, 0.1) is 5.95 Å². The first-order valence-electron chi connectivity index (χ1n) is 10.2. The Labute approximate surface area is 179 Å². The summed E-state index contributed by atoms with van der Waals surface area (Å²) < 4.78 is 20.8. The molecule has 0 aromatic carbocycles. The van der Waals surface area contributed by atoms with Gasteiger partial charge < -0.3 is 20.7 Å². The third-order valence-corrected chi connectivity index (χ3v) is 5.07. The lowest BCUT2D eigenvalue weighted by atomic mass is 10.1. The molecule has 1 saturated heterocycles. The summed E-state index contributed by atoms with van der Waals surface area (Å²) in [5.41, 5.74) is 8.43. The van der Waals surface area contributed by atoms with Crippen molar-refractivity contribution in [2.45, 2.75) is 45.3 Å². The molecule has 1 aliphatic heterocycles. The second kappa shape index (κ2) is 8.01. The zero-order chi connectivity index (χ0) is 22.2. The van der Waals surface area contributed by atoms with Gasteiger partial charge in [-0.3, -0.25) is 0 Å².